The number of nitrogens with zero attached hydrogens (tertiary/aromatic N) is 3. The summed E-state index contributed by atoms with van der Waals surface area (Å²) in [6.07, 6.45) is 3.11. The van der Waals surface area contributed by atoms with Gasteiger partial charge in [-0.2, -0.15) is 5.10 Å². The first-order chi connectivity index (χ1) is 8.32. The lowest BCUT2D eigenvalue weighted by Crippen LogP contribution is -2.40. The molecule has 100 valence electrons. The van der Waals surface area contributed by atoms with Crippen molar-refractivity contribution in [2.75, 3.05) is 7.05 Å². The molecular weight excluding hydrogens is 234 g/mol. The molecule has 1 aromatic heterocycles. The molecule has 1 aromatic rings. The molecule has 0 spiro atoms. The summed E-state index contributed by atoms with van der Waals surface area (Å²) in [6.45, 7) is 6.31. The van der Waals surface area contributed by atoms with Crippen molar-refractivity contribution < 1.29 is 14.7 Å². The van der Waals surface area contributed by atoms with Crippen molar-refractivity contribution in [3.05, 3.63) is 18.0 Å². The number of hydrogen-bond acceptors (Lipinski definition) is 3. The van der Waals surface area contributed by atoms with E-state index < -0.39 is 12.0 Å². The molecule has 0 aromatic carbocycles. The Morgan fingerprint density at radius 2 is 2.06 bits per heavy atom. The van der Waals surface area contributed by atoms with Crippen molar-refractivity contribution in [2.24, 2.45) is 5.92 Å². The van der Waals surface area contributed by atoms with Gasteiger partial charge in [-0.25, -0.2) is 4.79 Å². The molecule has 1 heterocycles. The van der Waals surface area contributed by atoms with Crippen LogP contribution in [0, 0.1) is 5.92 Å². The normalized spacial score (nSPS) is 12.5. The SMILES string of the molecule is CC(C)Cn1cc(C(=O)N(C)C(C)C(=O)O)cn1. The smallest absolute Gasteiger partial charge is 0.326 e. The second-order valence-electron chi connectivity index (χ2n) is 4.78. The molecule has 6 heteroatoms. The zero-order valence-electron chi connectivity index (χ0n) is 11.1. The van der Waals surface area contributed by atoms with E-state index in [1.165, 1.54) is 25.1 Å². The summed E-state index contributed by atoms with van der Waals surface area (Å²) >= 11 is 0. The Labute approximate surface area is 106 Å². The monoisotopic (exact) mass is 253 g/mol. The van der Waals surface area contributed by atoms with Crippen LogP contribution in [0.1, 0.15) is 31.1 Å². The molecule has 0 aliphatic heterocycles. The highest BCUT2D eigenvalue weighted by Gasteiger charge is 2.23. The average molecular weight is 253 g/mol. The van der Waals surface area contributed by atoms with Gasteiger partial charge in [0.25, 0.3) is 5.91 Å². The molecule has 1 atom stereocenters. The molecule has 0 saturated heterocycles. The van der Waals surface area contributed by atoms with Gasteiger partial charge in [0.2, 0.25) is 0 Å². The Morgan fingerprint density at radius 1 is 1.44 bits per heavy atom. The zero-order chi connectivity index (χ0) is 13.9. The van der Waals surface area contributed by atoms with Gasteiger partial charge >= 0.3 is 5.97 Å². The number of amides is 1. The van der Waals surface area contributed by atoms with Crippen LogP contribution in [-0.4, -0.2) is 44.8 Å². The lowest BCUT2D eigenvalue weighted by Gasteiger charge is -2.20. The van der Waals surface area contributed by atoms with Crippen molar-refractivity contribution in [3.8, 4) is 0 Å². The van der Waals surface area contributed by atoms with Gasteiger partial charge in [0.15, 0.2) is 0 Å². The fourth-order valence-corrected chi connectivity index (χ4v) is 1.49. The fraction of sp³-hybridized carbons (Fsp3) is 0.583. The Bertz CT molecular complexity index is 440. The minimum absolute atomic E-state index is 0.333. The van der Waals surface area contributed by atoms with Crippen LogP contribution in [0.5, 0.6) is 0 Å². The summed E-state index contributed by atoms with van der Waals surface area (Å²) in [4.78, 5) is 24.0. The summed E-state index contributed by atoms with van der Waals surface area (Å²) in [5.74, 6) is -0.927. The Hall–Kier alpha value is -1.85. The van der Waals surface area contributed by atoms with Crippen molar-refractivity contribution in [1.29, 1.82) is 0 Å². The number of carboxylic acid groups (broad SMARTS) is 1. The van der Waals surface area contributed by atoms with Crippen molar-refractivity contribution in [3.63, 3.8) is 0 Å². The first-order valence-corrected chi connectivity index (χ1v) is 5.85. The van der Waals surface area contributed by atoms with Crippen LogP contribution < -0.4 is 0 Å². The highest BCUT2D eigenvalue weighted by molar-refractivity contribution is 5.95. The predicted molar refractivity (Wildman–Crippen MR) is 66.3 cm³/mol. The number of aromatic nitrogens is 2. The third-order valence-corrected chi connectivity index (χ3v) is 2.69. The molecule has 1 unspecified atom stereocenters. The molecule has 1 N–H and O–H groups in total. The molecule has 1 amide bonds. The predicted octanol–water partition coefficient (Wildman–Crippen LogP) is 1.08. The second-order valence-corrected chi connectivity index (χ2v) is 4.78. The lowest BCUT2D eigenvalue weighted by molar-refractivity contribution is -0.141. The molecule has 0 aliphatic rings. The van der Waals surface area contributed by atoms with Gasteiger partial charge in [0.1, 0.15) is 6.04 Å². The standard InChI is InChI=1S/C12H19N3O3/c1-8(2)6-15-7-10(5-13-15)11(16)14(4)9(3)12(17)18/h5,7-9H,6H2,1-4H3,(H,17,18). The van der Waals surface area contributed by atoms with E-state index in [-0.39, 0.29) is 5.91 Å². The van der Waals surface area contributed by atoms with Gasteiger partial charge in [-0.05, 0) is 12.8 Å². The summed E-state index contributed by atoms with van der Waals surface area (Å²) in [7, 11) is 1.47. The molecule has 0 aliphatic carbocycles. The van der Waals surface area contributed by atoms with E-state index in [9.17, 15) is 9.59 Å². The van der Waals surface area contributed by atoms with Crippen LogP contribution in [0.2, 0.25) is 0 Å². The van der Waals surface area contributed by atoms with Crippen molar-refractivity contribution in [2.45, 2.75) is 33.4 Å². The lowest BCUT2D eigenvalue weighted by atomic mass is 10.2. The maximum Gasteiger partial charge on any atom is 0.326 e. The van der Waals surface area contributed by atoms with Crippen LogP contribution in [0.25, 0.3) is 0 Å². The quantitative estimate of drug-likeness (QED) is 0.852. The third-order valence-electron chi connectivity index (χ3n) is 2.69. The number of carbonyl (C=O) groups is 2. The van der Waals surface area contributed by atoms with Crippen LogP contribution >= 0.6 is 0 Å². The minimum atomic E-state index is -1.03. The summed E-state index contributed by atoms with van der Waals surface area (Å²) in [6, 6.07) is -0.856. The second kappa shape index (κ2) is 5.66. The van der Waals surface area contributed by atoms with Crippen LogP contribution in [0.15, 0.2) is 12.4 Å². The maximum atomic E-state index is 12.0. The summed E-state index contributed by atoms with van der Waals surface area (Å²) in [5, 5.41) is 12.9. The van der Waals surface area contributed by atoms with E-state index in [0.717, 1.165) is 6.54 Å². The van der Waals surface area contributed by atoms with Gasteiger partial charge in [0, 0.05) is 19.8 Å². The molecule has 18 heavy (non-hydrogen) atoms. The van der Waals surface area contributed by atoms with Crippen molar-refractivity contribution in [1.82, 2.24) is 14.7 Å². The molecule has 6 nitrogen and oxygen atoms in total. The number of carboxylic acids is 1. The largest absolute Gasteiger partial charge is 0.480 e. The topological polar surface area (TPSA) is 75.4 Å². The van der Waals surface area contributed by atoms with Gasteiger partial charge in [-0.15, -0.1) is 0 Å². The number of carbonyl (C=O) groups excluding carboxylic acids is 1. The summed E-state index contributed by atoms with van der Waals surface area (Å²) < 4.78 is 1.69. The number of rotatable bonds is 5. The van der Waals surface area contributed by atoms with E-state index in [2.05, 4.69) is 18.9 Å². The van der Waals surface area contributed by atoms with E-state index in [1.54, 1.807) is 10.9 Å². The van der Waals surface area contributed by atoms with Gasteiger partial charge < -0.3 is 10.0 Å². The zero-order valence-corrected chi connectivity index (χ0v) is 11.1. The molecular formula is C12H19N3O3. The molecule has 1 rings (SSSR count). The molecule has 0 saturated carbocycles. The Kier molecular flexibility index (Phi) is 4.47. The first-order valence-electron chi connectivity index (χ1n) is 5.85. The summed E-state index contributed by atoms with van der Waals surface area (Å²) in [5.41, 5.74) is 0.409. The Balaban J connectivity index is 2.78. The molecule has 0 fully saturated rings. The highest BCUT2D eigenvalue weighted by Crippen LogP contribution is 2.07. The minimum Gasteiger partial charge on any atom is -0.480 e. The molecule has 0 radical (unpaired) electrons. The van der Waals surface area contributed by atoms with E-state index >= 15 is 0 Å². The van der Waals surface area contributed by atoms with Crippen molar-refractivity contribution >= 4 is 11.9 Å². The van der Waals surface area contributed by atoms with Crippen LogP contribution in [0.4, 0.5) is 0 Å². The first kappa shape index (κ1) is 14.2. The third kappa shape index (κ3) is 3.32. The maximum absolute atomic E-state index is 12.0. The fourth-order valence-electron chi connectivity index (χ4n) is 1.49. The highest BCUT2D eigenvalue weighted by atomic mass is 16.4. The number of hydrogen-bond donors (Lipinski definition) is 1. The average Bonchev–Trinajstić information content (AvgIpc) is 2.73. The number of likely N-dealkylation sites (N-methyl/N-ethyl adjacent to an activating group) is 1. The Morgan fingerprint density at radius 3 is 2.56 bits per heavy atom. The van der Waals surface area contributed by atoms with Gasteiger partial charge in [-0.3, -0.25) is 9.48 Å². The van der Waals surface area contributed by atoms with E-state index in [4.69, 9.17) is 5.11 Å². The van der Waals surface area contributed by atoms with Crippen LogP contribution in [-0.2, 0) is 11.3 Å². The number of aliphatic carboxylic acids is 1. The molecule has 0 bridgehead atoms. The van der Waals surface area contributed by atoms with E-state index in [0.29, 0.717) is 11.5 Å². The van der Waals surface area contributed by atoms with Crippen LogP contribution in [0.3, 0.4) is 0 Å². The van der Waals surface area contributed by atoms with E-state index in [1.807, 2.05) is 0 Å². The van der Waals surface area contributed by atoms with Gasteiger partial charge in [-0.1, -0.05) is 13.8 Å². The van der Waals surface area contributed by atoms with Gasteiger partial charge in [0.05, 0.1) is 11.8 Å².